The predicted octanol–water partition coefficient (Wildman–Crippen LogP) is 4.89. The van der Waals surface area contributed by atoms with Gasteiger partial charge in [-0.2, -0.15) is 0 Å². The van der Waals surface area contributed by atoms with Gasteiger partial charge in [-0.1, -0.05) is 44.2 Å². The minimum atomic E-state index is 0.158. The van der Waals surface area contributed by atoms with E-state index in [9.17, 15) is 0 Å². The van der Waals surface area contributed by atoms with Crippen molar-refractivity contribution in [2.45, 2.75) is 32.7 Å². The van der Waals surface area contributed by atoms with Crippen LogP contribution >= 0.6 is 27.3 Å². The minimum Gasteiger partial charge on any atom is -0.311 e. The second-order valence-electron chi connectivity index (χ2n) is 5.47. The van der Waals surface area contributed by atoms with Crippen LogP contribution in [0.15, 0.2) is 40.9 Å². The number of halogens is 1. The molecule has 1 N–H and O–H groups in total. The lowest BCUT2D eigenvalue weighted by atomic mass is 9.84. The summed E-state index contributed by atoms with van der Waals surface area (Å²) in [5, 5.41) is 3.57. The summed E-state index contributed by atoms with van der Waals surface area (Å²) in [5.74, 6) is 0. The van der Waals surface area contributed by atoms with Crippen molar-refractivity contribution in [1.82, 2.24) is 5.32 Å². The number of benzene rings is 1. The van der Waals surface area contributed by atoms with E-state index in [2.05, 4.69) is 78.4 Å². The lowest BCUT2D eigenvalue weighted by Crippen LogP contribution is -2.32. The maximum absolute atomic E-state index is 3.57. The van der Waals surface area contributed by atoms with Gasteiger partial charge in [-0.05, 0) is 34.5 Å². The van der Waals surface area contributed by atoms with Gasteiger partial charge in [0.15, 0.2) is 0 Å². The monoisotopic (exact) mass is 337 g/mol. The van der Waals surface area contributed by atoms with Gasteiger partial charge in [0.05, 0.1) is 0 Å². The molecule has 0 aliphatic heterocycles. The molecule has 0 atom stereocenters. The number of rotatable bonds is 5. The van der Waals surface area contributed by atoms with Crippen LogP contribution in [0.25, 0.3) is 0 Å². The highest BCUT2D eigenvalue weighted by Crippen LogP contribution is 2.27. The molecule has 0 aliphatic rings. The molecule has 1 nitrogen and oxygen atoms in total. The topological polar surface area (TPSA) is 12.0 Å². The van der Waals surface area contributed by atoms with Gasteiger partial charge in [-0.25, -0.2) is 0 Å². The molecule has 0 spiro atoms. The Hall–Kier alpha value is -0.640. The summed E-state index contributed by atoms with van der Waals surface area (Å²) in [6.07, 6.45) is 0. The maximum atomic E-state index is 3.57. The normalized spacial score (nSPS) is 11.8. The predicted molar refractivity (Wildman–Crippen MR) is 87.9 cm³/mol. The van der Waals surface area contributed by atoms with Gasteiger partial charge < -0.3 is 5.32 Å². The van der Waals surface area contributed by atoms with E-state index >= 15 is 0 Å². The first-order chi connectivity index (χ1) is 8.99. The van der Waals surface area contributed by atoms with Gasteiger partial charge in [0.1, 0.15) is 0 Å². The molecule has 19 heavy (non-hydrogen) atoms. The van der Waals surface area contributed by atoms with Crippen LogP contribution in [0, 0.1) is 6.92 Å². The van der Waals surface area contributed by atoms with Crippen LogP contribution in [0.5, 0.6) is 0 Å². The quantitative estimate of drug-likeness (QED) is 0.819. The number of hydrogen-bond acceptors (Lipinski definition) is 2. The number of thiophene rings is 1. The average Bonchev–Trinajstić information content (AvgIpc) is 2.69. The van der Waals surface area contributed by atoms with E-state index in [1.165, 1.54) is 19.8 Å². The fraction of sp³-hybridized carbons (Fsp3) is 0.375. The Morgan fingerprint density at radius 2 is 1.89 bits per heavy atom. The van der Waals surface area contributed by atoms with E-state index in [0.29, 0.717) is 0 Å². The molecule has 0 fully saturated rings. The summed E-state index contributed by atoms with van der Waals surface area (Å²) >= 11 is 5.42. The standard InChI is InChI=1S/C16H20BrNS/c1-12-15(17)9-14(19-12)10-18-11-16(2,3)13-7-5-4-6-8-13/h4-9,18H,10-11H2,1-3H3. The van der Waals surface area contributed by atoms with Gasteiger partial charge >= 0.3 is 0 Å². The van der Waals surface area contributed by atoms with Gasteiger partial charge in [0.25, 0.3) is 0 Å². The first-order valence-corrected chi connectivity index (χ1v) is 8.11. The number of aryl methyl sites for hydroxylation is 1. The second-order valence-corrected chi connectivity index (χ2v) is 7.67. The molecule has 0 bridgehead atoms. The van der Waals surface area contributed by atoms with Crippen LogP contribution in [-0.2, 0) is 12.0 Å². The molecule has 3 heteroatoms. The molecule has 0 saturated carbocycles. The number of hydrogen-bond donors (Lipinski definition) is 1. The van der Waals surface area contributed by atoms with E-state index in [1.54, 1.807) is 0 Å². The number of nitrogens with one attached hydrogen (secondary N) is 1. The first kappa shape index (κ1) is 14.8. The van der Waals surface area contributed by atoms with E-state index in [4.69, 9.17) is 0 Å². The summed E-state index contributed by atoms with van der Waals surface area (Å²) in [6, 6.07) is 12.9. The van der Waals surface area contributed by atoms with Gasteiger partial charge in [0.2, 0.25) is 0 Å². The summed E-state index contributed by atoms with van der Waals surface area (Å²) in [5.41, 5.74) is 1.54. The summed E-state index contributed by atoms with van der Waals surface area (Å²) in [7, 11) is 0. The fourth-order valence-electron chi connectivity index (χ4n) is 2.09. The van der Waals surface area contributed by atoms with Crippen LogP contribution in [-0.4, -0.2) is 6.54 Å². The molecule has 0 amide bonds. The molecule has 0 aliphatic carbocycles. The van der Waals surface area contributed by atoms with E-state index < -0.39 is 0 Å². The van der Waals surface area contributed by atoms with Crippen molar-refractivity contribution in [3.63, 3.8) is 0 Å². The highest BCUT2D eigenvalue weighted by atomic mass is 79.9. The summed E-state index contributed by atoms with van der Waals surface area (Å²) < 4.78 is 1.22. The Kier molecular flexibility index (Phi) is 4.82. The molecule has 2 rings (SSSR count). The van der Waals surface area contributed by atoms with Crippen molar-refractivity contribution in [2.75, 3.05) is 6.54 Å². The summed E-state index contributed by atoms with van der Waals surface area (Å²) in [4.78, 5) is 2.73. The van der Waals surface area contributed by atoms with Crippen molar-refractivity contribution in [3.05, 3.63) is 56.2 Å². The molecule has 1 heterocycles. The first-order valence-electron chi connectivity index (χ1n) is 6.50. The van der Waals surface area contributed by atoms with Gasteiger partial charge in [-0.15, -0.1) is 11.3 Å². The summed E-state index contributed by atoms with van der Waals surface area (Å²) in [6.45, 7) is 8.63. The maximum Gasteiger partial charge on any atom is 0.0314 e. The molecule has 102 valence electrons. The van der Waals surface area contributed by atoms with Crippen LogP contribution in [0.3, 0.4) is 0 Å². The average molecular weight is 338 g/mol. The Labute approximate surface area is 128 Å². The molecule has 0 unspecified atom stereocenters. The molecule has 0 radical (unpaired) electrons. The molecule has 1 aromatic heterocycles. The molecular weight excluding hydrogens is 318 g/mol. The van der Waals surface area contributed by atoms with E-state index in [-0.39, 0.29) is 5.41 Å². The minimum absolute atomic E-state index is 0.158. The third kappa shape index (κ3) is 3.91. The molecule has 1 aromatic carbocycles. The SMILES string of the molecule is Cc1sc(CNCC(C)(C)c2ccccc2)cc1Br. The zero-order valence-electron chi connectivity index (χ0n) is 11.7. The Morgan fingerprint density at radius 3 is 2.47 bits per heavy atom. The van der Waals surface area contributed by atoms with Crippen molar-refractivity contribution >= 4 is 27.3 Å². The highest BCUT2D eigenvalue weighted by molar-refractivity contribution is 9.10. The van der Waals surface area contributed by atoms with Crippen molar-refractivity contribution in [1.29, 1.82) is 0 Å². The van der Waals surface area contributed by atoms with Gasteiger partial charge in [-0.3, -0.25) is 0 Å². The van der Waals surface area contributed by atoms with Crippen LogP contribution in [0.1, 0.15) is 29.2 Å². The zero-order chi connectivity index (χ0) is 13.9. The molecular formula is C16H20BrNS. The van der Waals surface area contributed by atoms with Crippen molar-refractivity contribution < 1.29 is 0 Å². The van der Waals surface area contributed by atoms with Crippen LogP contribution < -0.4 is 5.32 Å². The fourth-order valence-corrected chi connectivity index (χ4v) is 3.67. The Bertz CT molecular complexity index is 511. The van der Waals surface area contributed by atoms with Crippen LogP contribution in [0.4, 0.5) is 0 Å². The van der Waals surface area contributed by atoms with Gasteiger partial charge in [0, 0.05) is 32.7 Å². The largest absolute Gasteiger partial charge is 0.311 e. The van der Waals surface area contributed by atoms with Crippen LogP contribution in [0.2, 0.25) is 0 Å². The Balaban J connectivity index is 1.91. The molecule has 0 saturated heterocycles. The lowest BCUT2D eigenvalue weighted by molar-refractivity contribution is 0.470. The van der Waals surface area contributed by atoms with E-state index in [0.717, 1.165) is 13.1 Å². The van der Waals surface area contributed by atoms with E-state index in [1.807, 2.05) is 11.3 Å². The van der Waals surface area contributed by atoms with Crippen molar-refractivity contribution in [3.8, 4) is 0 Å². The highest BCUT2D eigenvalue weighted by Gasteiger charge is 2.19. The Morgan fingerprint density at radius 1 is 1.21 bits per heavy atom. The van der Waals surface area contributed by atoms with Crippen molar-refractivity contribution in [2.24, 2.45) is 0 Å². The lowest BCUT2D eigenvalue weighted by Gasteiger charge is -2.25. The zero-order valence-corrected chi connectivity index (χ0v) is 14.1. The second kappa shape index (κ2) is 6.21. The smallest absolute Gasteiger partial charge is 0.0314 e. The molecule has 2 aromatic rings. The third-order valence-electron chi connectivity index (χ3n) is 3.33. The third-order valence-corrected chi connectivity index (χ3v) is 5.47.